The predicted molar refractivity (Wildman–Crippen MR) is 109 cm³/mol. The molecule has 2 aliphatic heterocycles. The van der Waals surface area contributed by atoms with Gasteiger partial charge in [-0.3, -0.25) is 0 Å². The molecule has 4 rings (SSSR count). The lowest BCUT2D eigenvalue weighted by Gasteiger charge is -2.20. The summed E-state index contributed by atoms with van der Waals surface area (Å²) in [6.07, 6.45) is 4.50. The third kappa shape index (κ3) is 4.48. The lowest BCUT2D eigenvalue weighted by atomic mass is 10.1. The number of hydrogen-bond acceptors (Lipinski definition) is 6. The predicted octanol–water partition coefficient (Wildman–Crippen LogP) is 3.34. The highest BCUT2D eigenvalue weighted by atomic mass is 16.5. The number of rotatable bonds is 8. The van der Waals surface area contributed by atoms with E-state index in [4.69, 9.17) is 29.2 Å². The van der Waals surface area contributed by atoms with Gasteiger partial charge in [0.25, 0.3) is 0 Å². The monoisotopic (exact) mass is 424 g/mol. The number of allylic oxidation sites excluding steroid dienone is 2. The van der Waals surface area contributed by atoms with E-state index >= 15 is 0 Å². The molecule has 160 valence electrons. The van der Waals surface area contributed by atoms with Gasteiger partial charge in [-0.2, -0.15) is 0 Å². The second-order valence-electron chi connectivity index (χ2n) is 6.88. The van der Waals surface area contributed by atoms with Crippen LogP contribution in [0.15, 0.2) is 60.1 Å². The average Bonchev–Trinajstić information content (AvgIpc) is 2.78. The van der Waals surface area contributed by atoms with Crippen molar-refractivity contribution in [3.63, 3.8) is 0 Å². The number of ether oxygens (including phenoxy) is 4. The molecular weight excluding hydrogens is 404 g/mol. The molecule has 8 heteroatoms. The fraction of sp³-hybridized carbons (Fsp3) is 0.217. The third-order valence-corrected chi connectivity index (χ3v) is 4.83. The Morgan fingerprint density at radius 1 is 0.774 bits per heavy atom. The van der Waals surface area contributed by atoms with E-state index < -0.39 is 11.9 Å². The van der Waals surface area contributed by atoms with E-state index in [2.05, 4.69) is 0 Å². The van der Waals surface area contributed by atoms with Gasteiger partial charge in [0.15, 0.2) is 0 Å². The van der Waals surface area contributed by atoms with E-state index in [-0.39, 0.29) is 11.5 Å². The zero-order chi connectivity index (χ0) is 21.8. The molecule has 0 aliphatic carbocycles. The normalized spacial score (nSPS) is 14.1. The Labute approximate surface area is 177 Å². The summed E-state index contributed by atoms with van der Waals surface area (Å²) in [7, 11) is 0. The highest BCUT2D eigenvalue weighted by molar-refractivity contribution is 5.86. The average molecular weight is 424 g/mol. The summed E-state index contributed by atoms with van der Waals surface area (Å²) >= 11 is 0. The first-order chi connectivity index (χ1) is 15.0. The molecule has 2 heterocycles. The van der Waals surface area contributed by atoms with Crippen molar-refractivity contribution in [2.45, 2.75) is 19.3 Å². The first kappa shape index (κ1) is 20.3. The summed E-state index contributed by atoms with van der Waals surface area (Å²) in [4.78, 5) is 22.1. The summed E-state index contributed by atoms with van der Waals surface area (Å²) < 4.78 is 22.5. The van der Waals surface area contributed by atoms with Gasteiger partial charge in [0.1, 0.15) is 23.0 Å². The first-order valence-corrected chi connectivity index (χ1v) is 9.75. The van der Waals surface area contributed by atoms with Gasteiger partial charge < -0.3 is 29.2 Å². The van der Waals surface area contributed by atoms with Crippen LogP contribution in [0.2, 0.25) is 0 Å². The first-order valence-electron chi connectivity index (χ1n) is 9.75. The molecule has 0 atom stereocenters. The van der Waals surface area contributed by atoms with Gasteiger partial charge in [0.2, 0.25) is 11.5 Å². The minimum Gasteiger partial charge on any atom is -0.493 e. The van der Waals surface area contributed by atoms with Crippen LogP contribution in [-0.4, -0.2) is 35.4 Å². The zero-order valence-electron chi connectivity index (χ0n) is 16.5. The highest BCUT2D eigenvalue weighted by Crippen LogP contribution is 2.35. The van der Waals surface area contributed by atoms with Gasteiger partial charge in [0, 0.05) is 30.4 Å². The van der Waals surface area contributed by atoms with E-state index in [1.54, 1.807) is 24.3 Å². The molecule has 0 saturated carbocycles. The Morgan fingerprint density at radius 2 is 1.23 bits per heavy atom. The van der Waals surface area contributed by atoms with Crippen LogP contribution in [-0.2, 0) is 22.4 Å². The van der Waals surface area contributed by atoms with Crippen molar-refractivity contribution in [1.82, 2.24) is 0 Å². The zero-order valence-corrected chi connectivity index (χ0v) is 16.5. The van der Waals surface area contributed by atoms with Crippen LogP contribution in [0.1, 0.15) is 17.5 Å². The van der Waals surface area contributed by atoms with Gasteiger partial charge in [-0.1, -0.05) is 12.1 Å². The van der Waals surface area contributed by atoms with E-state index in [1.165, 1.54) is 12.2 Å². The molecule has 0 fully saturated rings. The quantitative estimate of drug-likeness (QED) is 0.621. The summed E-state index contributed by atoms with van der Waals surface area (Å²) in [5.74, 6) is -0.103. The summed E-state index contributed by atoms with van der Waals surface area (Å²) in [5.41, 5.74) is 1.62. The Balaban J connectivity index is 1.30. The van der Waals surface area contributed by atoms with Gasteiger partial charge in [-0.05, 0) is 36.4 Å². The van der Waals surface area contributed by atoms with E-state index in [0.29, 0.717) is 55.5 Å². The number of carboxylic acids is 2. The van der Waals surface area contributed by atoms with Gasteiger partial charge >= 0.3 is 11.9 Å². The summed E-state index contributed by atoms with van der Waals surface area (Å²) in [5, 5.41) is 18.1. The highest BCUT2D eigenvalue weighted by Gasteiger charge is 2.21. The lowest BCUT2D eigenvalue weighted by molar-refractivity contribution is -0.136. The van der Waals surface area contributed by atoms with Crippen molar-refractivity contribution in [3.05, 3.63) is 71.2 Å². The van der Waals surface area contributed by atoms with Crippen molar-refractivity contribution in [3.8, 4) is 23.0 Å². The number of fused-ring (bicyclic) bond motifs is 2. The van der Waals surface area contributed by atoms with Crippen molar-refractivity contribution in [2.75, 3.05) is 13.2 Å². The molecule has 2 N–H and O–H groups in total. The summed E-state index contributed by atoms with van der Waals surface area (Å²) in [6.45, 7) is 0.807. The molecule has 2 aromatic carbocycles. The van der Waals surface area contributed by atoms with Crippen LogP contribution in [0.4, 0.5) is 0 Å². The number of carbonyl (C=O) groups is 2. The SMILES string of the molecule is O=C(O)C1=CCc2c(OCCCOc3cccc4c3CC=C(C(=O)O)O4)cccc2O1. The third-order valence-electron chi connectivity index (χ3n) is 4.83. The fourth-order valence-corrected chi connectivity index (χ4v) is 3.35. The van der Waals surface area contributed by atoms with Gasteiger partial charge in [-0.25, -0.2) is 9.59 Å². The topological polar surface area (TPSA) is 112 Å². The lowest BCUT2D eigenvalue weighted by Crippen LogP contribution is -2.14. The Hall–Kier alpha value is -3.94. The van der Waals surface area contributed by atoms with Gasteiger partial charge in [-0.15, -0.1) is 0 Å². The van der Waals surface area contributed by atoms with E-state index in [0.717, 1.165) is 11.1 Å². The van der Waals surface area contributed by atoms with Crippen LogP contribution >= 0.6 is 0 Å². The van der Waals surface area contributed by atoms with Crippen LogP contribution in [0.25, 0.3) is 0 Å². The summed E-state index contributed by atoms with van der Waals surface area (Å²) in [6, 6.07) is 10.6. The maximum atomic E-state index is 11.1. The number of hydrogen-bond donors (Lipinski definition) is 2. The largest absolute Gasteiger partial charge is 0.493 e. The standard InChI is InChI=1S/C23H20O8/c24-22(25)20-10-8-14-16(4-1-6-18(14)30-20)28-12-3-13-29-17-5-2-7-19-15(17)9-11-21(31-19)23(26)27/h1-2,4-7,10-11H,3,8-9,12-13H2,(H,24,25)(H,26,27). The second-order valence-corrected chi connectivity index (χ2v) is 6.88. The molecule has 2 aromatic rings. The second kappa shape index (κ2) is 8.83. The molecule has 0 amide bonds. The van der Waals surface area contributed by atoms with E-state index in [9.17, 15) is 9.59 Å². The van der Waals surface area contributed by atoms with Crippen molar-refractivity contribution in [1.29, 1.82) is 0 Å². The molecule has 0 saturated heterocycles. The Morgan fingerprint density at radius 3 is 1.65 bits per heavy atom. The molecule has 0 radical (unpaired) electrons. The van der Waals surface area contributed by atoms with Crippen molar-refractivity contribution in [2.24, 2.45) is 0 Å². The van der Waals surface area contributed by atoms with Crippen LogP contribution in [0.5, 0.6) is 23.0 Å². The fourth-order valence-electron chi connectivity index (χ4n) is 3.35. The molecule has 0 bridgehead atoms. The Bertz CT molecular complexity index is 997. The molecule has 2 aliphatic rings. The maximum absolute atomic E-state index is 11.1. The molecule has 31 heavy (non-hydrogen) atoms. The minimum atomic E-state index is -1.10. The number of aliphatic carboxylic acids is 2. The van der Waals surface area contributed by atoms with Crippen LogP contribution < -0.4 is 18.9 Å². The van der Waals surface area contributed by atoms with Crippen LogP contribution in [0, 0.1) is 0 Å². The van der Waals surface area contributed by atoms with Gasteiger partial charge in [0.05, 0.1) is 13.2 Å². The van der Waals surface area contributed by atoms with Crippen molar-refractivity contribution < 1.29 is 38.7 Å². The molecular formula is C23H20O8. The smallest absolute Gasteiger partial charge is 0.371 e. The Kier molecular flexibility index (Phi) is 5.79. The number of carboxylic acid groups (broad SMARTS) is 2. The van der Waals surface area contributed by atoms with E-state index in [1.807, 2.05) is 12.1 Å². The molecule has 0 unspecified atom stereocenters. The van der Waals surface area contributed by atoms with Crippen molar-refractivity contribution >= 4 is 11.9 Å². The van der Waals surface area contributed by atoms with Crippen LogP contribution in [0.3, 0.4) is 0 Å². The molecule has 0 spiro atoms. The minimum absolute atomic E-state index is 0.0847. The molecule has 0 aromatic heterocycles. The maximum Gasteiger partial charge on any atom is 0.371 e. The number of benzene rings is 2. The molecule has 8 nitrogen and oxygen atoms in total.